The van der Waals surface area contributed by atoms with E-state index in [0.29, 0.717) is 0 Å². The standard InChI is InChI=1S/3C6H5.C4H7.Pb/c3*1-2-4-6-5-3-1;1-3-4-2;/h3*1-5H;3-4H,1H2,2H3;/b;;;4-3+;. The molecule has 3 aromatic rings. The van der Waals surface area contributed by atoms with Gasteiger partial charge in [0.05, 0.1) is 0 Å². The number of hydrogen-bond donors (Lipinski definition) is 0. The zero-order chi connectivity index (χ0) is 16.0. The molecule has 0 spiro atoms. The van der Waals surface area contributed by atoms with Gasteiger partial charge in [-0.15, -0.1) is 0 Å². The van der Waals surface area contributed by atoms with Crippen LogP contribution in [-0.2, 0) is 0 Å². The Morgan fingerprint density at radius 2 is 0.957 bits per heavy atom. The topological polar surface area (TPSA) is 0 Å². The molecule has 0 radical (unpaired) electrons. The Balaban J connectivity index is 2.30. The molecule has 0 heterocycles. The predicted molar refractivity (Wildman–Crippen MR) is 104 cm³/mol. The molecule has 0 saturated carbocycles. The van der Waals surface area contributed by atoms with E-state index in [9.17, 15) is 0 Å². The molecule has 0 fully saturated rings. The monoisotopic (exact) mass is 494 g/mol. The Labute approximate surface area is 144 Å². The van der Waals surface area contributed by atoms with Crippen molar-refractivity contribution < 1.29 is 0 Å². The van der Waals surface area contributed by atoms with Gasteiger partial charge in [0, 0.05) is 0 Å². The fraction of sp³-hybridized carbons (Fsp3) is 0.0909. The number of rotatable bonds is 5. The summed E-state index contributed by atoms with van der Waals surface area (Å²) in [6, 6.07) is 33.5. The number of allylic oxidation sites excluding steroid dienone is 2. The molecular formula is C22H22Pb. The molecule has 0 nitrogen and oxygen atoms in total. The van der Waals surface area contributed by atoms with Crippen LogP contribution in [-0.4, -0.2) is 21.2 Å². The van der Waals surface area contributed by atoms with Gasteiger partial charge in [0.2, 0.25) is 0 Å². The van der Waals surface area contributed by atoms with E-state index in [-0.39, 0.29) is 0 Å². The van der Waals surface area contributed by atoms with E-state index in [1.54, 1.807) is 9.37 Å². The van der Waals surface area contributed by atoms with Crippen LogP contribution in [0.5, 0.6) is 0 Å². The van der Waals surface area contributed by atoms with Crippen molar-refractivity contribution in [2.75, 3.05) is 0 Å². The Morgan fingerprint density at radius 3 is 1.26 bits per heavy atom. The molecule has 0 aliphatic rings. The Bertz CT molecular complexity index is 649. The summed E-state index contributed by atoms with van der Waals surface area (Å²) >= 11 is -3.16. The van der Waals surface area contributed by atoms with Crippen molar-refractivity contribution in [1.82, 2.24) is 0 Å². The first-order valence-corrected chi connectivity index (χ1v) is 16.7. The molecule has 1 heteroatoms. The van der Waals surface area contributed by atoms with E-state index in [1.165, 1.54) is 3.98 Å². The molecule has 23 heavy (non-hydrogen) atoms. The van der Waals surface area contributed by atoms with Crippen LogP contribution in [0.1, 0.15) is 6.92 Å². The van der Waals surface area contributed by atoms with Crippen molar-refractivity contribution in [3.05, 3.63) is 103 Å². The van der Waals surface area contributed by atoms with Gasteiger partial charge in [0.15, 0.2) is 0 Å². The number of benzene rings is 3. The van der Waals surface area contributed by atoms with Gasteiger partial charge >= 0.3 is 145 Å². The summed E-state index contributed by atoms with van der Waals surface area (Å²) in [5.41, 5.74) is 0. The van der Waals surface area contributed by atoms with Crippen molar-refractivity contribution in [2.45, 2.75) is 10.9 Å². The average Bonchev–Trinajstić information content (AvgIpc) is 2.65. The van der Waals surface area contributed by atoms with Crippen LogP contribution in [0.3, 0.4) is 0 Å². The minimum absolute atomic E-state index is 1.17. The van der Waals surface area contributed by atoms with Crippen LogP contribution in [0.15, 0.2) is 103 Å². The molecule has 0 aliphatic carbocycles. The van der Waals surface area contributed by atoms with Crippen LogP contribution in [0.2, 0.25) is 3.98 Å². The van der Waals surface area contributed by atoms with Crippen molar-refractivity contribution in [1.29, 1.82) is 0 Å². The third-order valence-electron chi connectivity index (χ3n) is 4.46. The quantitative estimate of drug-likeness (QED) is 0.375. The summed E-state index contributed by atoms with van der Waals surface area (Å²) in [5, 5.41) is 0. The van der Waals surface area contributed by atoms with Gasteiger partial charge in [-0.2, -0.15) is 0 Å². The minimum atomic E-state index is -3.16. The second kappa shape index (κ2) is 7.73. The second-order valence-electron chi connectivity index (χ2n) is 5.78. The third-order valence-corrected chi connectivity index (χ3v) is 23.1. The summed E-state index contributed by atoms with van der Waals surface area (Å²) in [5.74, 6) is 0. The average molecular weight is 494 g/mol. The van der Waals surface area contributed by atoms with Gasteiger partial charge in [-0.05, 0) is 0 Å². The first-order chi connectivity index (χ1) is 11.4. The summed E-state index contributed by atoms with van der Waals surface area (Å²) in [7, 11) is 0. The molecule has 114 valence electrons. The Morgan fingerprint density at radius 1 is 0.609 bits per heavy atom. The van der Waals surface area contributed by atoms with Crippen molar-refractivity contribution in [2.24, 2.45) is 0 Å². The molecule has 3 aromatic carbocycles. The molecule has 0 amide bonds. The van der Waals surface area contributed by atoms with Crippen LogP contribution in [0, 0.1) is 0 Å². The van der Waals surface area contributed by atoms with Crippen molar-refractivity contribution in [3.8, 4) is 0 Å². The van der Waals surface area contributed by atoms with E-state index in [1.807, 2.05) is 0 Å². The number of hydrogen-bond acceptors (Lipinski definition) is 0. The predicted octanol–water partition coefficient (Wildman–Crippen LogP) is 3.73. The van der Waals surface area contributed by atoms with Gasteiger partial charge < -0.3 is 0 Å². The normalized spacial score (nSPS) is 11.7. The third kappa shape index (κ3) is 3.32. The maximum atomic E-state index is 2.37. The Kier molecular flexibility index (Phi) is 5.44. The van der Waals surface area contributed by atoms with Crippen molar-refractivity contribution >= 4 is 30.5 Å². The molecule has 0 N–H and O–H groups in total. The van der Waals surface area contributed by atoms with Crippen LogP contribution in [0.4, 0.5) is 0 Å². The van der Waals surface area contributed by atoms with Gasteiger partial charge in [0.1, 0.15) is 0 Å². The molecule has 0 atom stereocenters. The first-order valence-electron chi connectivity index (χ1n) is 8.15. The fourth-order valence-electron chi connectivity index (χ4n) is 3.32. The maximum absolute atomic E-state index is 3.16. The van der Waals surface area contributed by atoms with E-state index < -0.39 is 21.2 Å². The first kappa shape index (κ1) is 16.2. The van der Waals surface area contributed by atoms with Gasteiger partial charge in [-0.3, -0.25) is 0 Å². The SMILES string of the molecule is C/C=C/[CH2][Pb]([c]1ccccc1)([c]1ccccc1)[c]1ccccc1. The van der Waals surface area contributed by atoms with Crippen LogP contribution < -0.4 is 9.37 Å². The summed E-state index contributed by atoms with van der Waals surface area (Å²) < 4.78 is 5.82. The molecule has 0 bridgehead atoms. The molecule has 3 rings (SSSR count). The Hall–Kier alpha value is -1.68. The van der Waals surface area contributed by atoms with Gasteiger partial charge in [-0.1, -0.05) is 0 Å². The molecule has 0 aromatic heterocycles. The van der Waals surface area contributed by atoms with Crippen LogP contribution in [0.25, 0.3) is 0 Å². The second-order valence-corrected chi connectivity index (χ2v) is 21.1. The summed E-state index contributed by atoms with van der Waals surface area (Å²) in [6.07, 6.45) is 4.57. The summed E-state index contributed by atoms with van der Waals surface area (Å²) in [6.45, 7) is 2.12. The summed E-state index contributed by atoms with van der Waals surface area (Å²) in [4.78, 5) is 0. The van der Waals surface area contributed by atoms with Crippen molar-refractivity contribution in [3.63, 3.8) is 0 Å². The van der Waals surface area contributed by atoms with Gasteiger partial charge in [0.25, 0.3) is 0 Å². The van der Waals surface area contributed by atoms with E-state index in [2.05, 4.69) is 110 Å². The molecule has 0 unspecified atom stereocenters. The molecule has 0 saturated heterocycles. The van der Waals surface area contributed by atoms with E-state index in [0.717, 1.165) is 0 Å². The fourth-order valence-corrected chi connectivity index (χ4v) is 21.1. The van der Waals surface area contributed by atoms with E-state index >= 15 is 0 Å². The molecular weight excluding hydrogens is 471 g/mol. The van der Waals surface area contributed by atoms with Gasteiger partial charge in [-0.25, -0.2) is 0 Å². The van der Waals surface area contributed by atoms with Crippen LogP contribution >= 0.6 is 0 Å². The zero-order valence-electron chi connectivity index (χ0n) is 13.5. The van der Waals surface area contributed by atoms with E-state index in [4.69, 9.17) is 0 Å². The zero-order valence-corrected chi connectivity index (χ0v) is 17.4. The molecule has 0 aliphatic heterocycles.